The first-order chi connectivity index (χ1) is 8.27. The minimum absolute atomic E-state index is 0.0502. The van der Waals surface area contributed by atoms with Crippen LogP contribution in [0.5, 0.6) is 0 Å². The van der Waals surface area contributed by atoms with Crippen LogP contribution in [-0.4, -0.2) is 28.5 Å². The number of rotatable bonds is 8. The van der Waals surface area contributed by atoms with Crippen LogP contribution in [0.2, 0.25) is 0 Å². The van der Waals surface area contributed by atoms with Gasteiger partial charge >= 0.3 is 0 Å². The molecule has 0 atom stereocenters. The average molecular weight is 238 g/mol. The highest BCUT2D eigenvalue weighted by Crippen LogP contribution is 1.97. The van der Waals surface area contributed by atoms with Crippen LogP contribution in [0, 0.1) is 0 Å². The molecule has 5 nitrogen and oxygen atoms in total. The quantitative estimate of drug-likeness (QED) is 0.662. The molecule has 2 N–H and O–H groups in total. The molecule has 1 heterocycles. The molecule has 0 aliphatic heterocycles. The molecule has 0 aromatic carbocycles. The molecular formula is C12H22N4O. The van der Waals surface area contributed by atoms with Gasteiger partial charge in [0.05, 0.1) is 6.54 Å². The van der Waals surface area contributed by atoms with Gasteiger partial charge in [-0.15, -0.1) is 0 Å². The molecule has 1 aromatic heterocycles. The molecule has 1 amide bonds. The van der Waals surface area contributed by atoms with Crippen molar-refractivity contribution in [3.05, 3.63) is 18.2 Å². The molecule has 1 rings (SSSR count). The molecule has 0 unspecified atom stereocenters. The fourth-order valence-electron chi connectivity index (χ4n) is 1.50. The SMILES string of the molecule is CCCCNC(=O)Cn1ccnc1CNCC. The molecule has 0 bridgehead atoms. The van der Waals surface area contributed by atoms with Gasteiger partial charge in [-0.3, -0.25) is 4.79 Å². The maximum atomic E-state index is 11.6. The van der Waals surface area contributed by atoms with E-state index in [-0.39, 0.29) is 5.91 Å². The maximum Gasteiger partial charge on any atom is 0.239 e. The first-order valence-electron chi connectivity index (χ1n) is 6.25. The minimum atomic E-state index is 0.0502. The Bertz CT molecular complexity index is 335. The number of carbonyl (C=O) groups is 1. The number of unbranched alkanes of at least 4 members (excludes halogenated alkanes) is 1. The van der Waals surface area contributed by atoms with Gasteiger partial charge in [-0.25, -0.2) is 4.98 Å². The molecule has 0 radical (unpaired) electrons. The van der Waals surface area contributed by atoms with Crippen LogP contribution in [0.15, 0.2) is 12.4 Å². The molecule has 0 saturated carbocycles. The lowest BCUT2D eigenvalue weighted by Crippen LogP contribution is -2.29. The maximum absolute atomic E-state index is 11.6. The Kier molecular flexibility index (Phi) is 6.32. The summed E-state index contributed by atoms with van der Waals surface area (Å²) in [6.45, 7) is 6.86. The average Bonchev–Trinajstić information content (AvgIpc) is 2.74. The van der Waals surface area contributed by atoms with Gasteiger partial charge in [-0.05, 0) is 13.0 Å². The van der Waals surface area contributed by atoms with E-state index < -0.39 is 0 Å². The summed E-state index contributed by atoms with van der Waals surface area (Å²) in [5, 5.41) is 6.10. The summed E-state index contributed by atoms with van der Waals surface area (Å²) < 4.78 is 1.88. The van der Waals surface area contributed by atoms with Gasteiger partial charge in [-0.2, -0.15) is 0 Å². The highest BCUT2D eigenvalue weighted by atomic mass is 16.1. The molecule has 1 aromatic rings. The van der Waals surface area contributed by atoms with Crippen molar-refractivity contribution in [3.8, 4) is 0 Å². The molecule has 0 saturated heterocycles. The molecule has 0 spiro atoms. The van der Waals surface area contributed by atoms with Crippen molar-refractivity contribution in [3.63, 3.8) is 0 Å². The van der Waals surface area contributed by atoms with Crippen LogP contribution in [0.3, 0.4) is 0 Å². The molecular weight excluding hydrogens is 216 g/mol. The van der Waals surface area contributed by atoms with Gasteiger partial charge in [0.1, 0.15) is 12.4 Å². The first-order valence-corrected chi connectivity index (χ1v) is 6.25. The Hall–Kier alpha value is -1.36. The standard InChI is InChI=1S/C12H22N4O/c1-3-5-6-15-12(17)10-16-8-7-14-11(16)9-13-4-2/h7-8,13H,3-6,9-10H2,1-2H3,(H,15,17). The Morgan fingerprint density at radius 2 is 2.29 bits per heavy atom. The van der Waals surface area contributed by atoms with Gasteiger partial charge in [-0.1, -0.05) is 20.3 Å². The summed E-state index contributed by atoms with van der Waals surface area (Å²) in [6, 6.07) is 0. The lowest BCUT2D eigenvalue weighted by atomic mass is 10.3. The summed E-state index contributed by atoms with van der Waals surface area (Å²) in [6.07, 6.45) is 5.69. The monoisotopic (exact) mass is 238 g/mol. The molecule has 0 aliphatic rings. The van der Waals surface area contributed by atoms with Crippen molar-refractivity contribution < 1.29 is 4.79 Å². The summed E-state index contributed by atoms with van der Waals surface area (Å²) in [5.74, 6) is 0.951. The van der Waals surface area contributed by atoms with Crippen LogP contribution in [0.25, 0.3) is 0 Å². The van der Waals surface area contributed by atoms with E-state index in [9.17, 15) is 4.79 Å². The normalized spacial score (nSPS) is 10.5. The predicted octanol–water partition coefficient (Wildman–Crippen LogP) is 0.909. The van der Waals surface area contributed by atoms with Gasteiger partial charge in [0, 0.05) is 18.9 Å². The number of aromatic nitrogens is 2. The number of amides is 1. The highest BCUT2D eigenvalue weighted by molar-refractivity contribution is 5.75. The Morgan fingerprint density at radius 1 is 1.47 bits per heavy atom. The van der Waals surface area contributed by atoms with Crippen LogP contribution in [-0.2, 0) is 17.9 Å². The second-order valence-electron chi connectivity index (χ2n) is 3.96. The van der Waals surface area contributed by atoms with E-state index in [1.807, 2.05) is 17.7 Å². The second kappa shape index (κ2) is 7.84. The largest absolute Gasteiger partial charge is 0.355 e. The number of carbonyl (C=O) groups excluding carboxylic acids is 1. The van der Waals surface area contributed by atoms with Crippen molar-refractivity contribution in [1.82, 2.24) is 20.2 Å². The predicted molar refractivity (Wildman–Crippen MR) is 67.5 cm³/mol. The molecule has 0 fully saturated rings. The zero-order valence-corrected chi connectivity index (χ0v) is 10.7. The van der Waals surface area contributed by atoms with Crippen molar-refractivity contribution in [1.29, 1.82) is 0 Å². The number of nitrogens with one attached hydrogen (secondary N) is 2. The number of imidazole rings is 1. The van der Waals surface area contributed by atoms with Gasteiger partial charge in [0.25, 0.3) is 0 Å². The third kappa shape index (κ3) is 4.99. The summed E-state index contributed by atoms with van der Waals surface area (Å²) in [7, 11) is 0. The van der Waals surface area contributed by atoms with E-state index in [0.29, 0.717) is 13.1 Å². The molecule has 0 aliphatic carbocycles. The van der Waals surface area contributed by atoms with Crippen LogP contribution >= 0.6 is 0 Å². The third-order valence-corrected chi connectivity index (χ3v) is 2.50. The van der Waals surface area contributed by atoms with Crippen LogP contribution < -0.4 is 10.6 Å². The van der Waals surface area contributed by atoms with E-state index in [1.54, 1.807) is 6.20 Å². The Balaban J connectivity index is 2.39. The van der Waals surface area contributed by atoms with Gasteiger partial charge < -0.3 is 15.2 Å². The summed E-state index contributed by atoms with van der Waals surface area (Å²) in [4.78, 5) is 15.9. The minimum Gasteiger partial charge on any atom is -0.355 e. The zero-order valence-electron chi connectivity index (χ0n) is 10.7. The zero-order chi connectivity index (χ0) is 12.5. The smallest absolute Gasteiger partial charge is 0.239 e. The van der Waals surface area contributed by atoms with E-state index >= 15 is 0 Å². The van der Waals surface area contributed by atoms with E-state index in [0.717, 1.165) is 31.8 Å². The number of nitrogens with zero attached hydrogens (tertiary/aromatic N) is 2. The van der Waals surface area contributed by atoms with E-state index in [4.69, 9.17) is 0 Å². The van der Waals surface area contributed by atoms with Crippen LogP contribution in [0.4, 0.5) is 0 Å². The lowest BCUT2D eigenvalue weighted by Gasteiger charge is -2.08. The Morgan fingerprint density at radius 3 is 3.00 bits per heavy atom. The third-order valence-electron chi connectivity index (χ3n) is 2.50. The fraction of sp³-hybridized carbons (Fsp3) is 0.667. The fourth-order valence-corrected chi connectivity index (χ4v) is 1.50. The molecule has 5 heteroatoms. The van der Waals surface area contributed by atoms with Crippen molar-refractivity contribution >= 4 is 5.91 Å². The van der Waals surface area contributed by atoms with Crippen molar-refractivity contribution in [2.75, 3.05) is 13.1 Å². The van der Waals surface area contributed by atoms with Gasteiger partial charge in [0.15, 0.2) is 0 Å². The molecule has 96 valence electrons. The molecule has 17 heavy (non-hydrogen) atoms. The second-order valence-corrected chi connectivity index (χ2v) is 3.96. The first kappa shape index (κ1) is 13.7. The van der Waals surface area contributed by atoms with E-state index in [2.05, 4.69) is 22.5 Å². The van der Waals surface area contributed by atoms with Crippen LogP contribution in [0.1, 0.15) is 32.5 Å². The highest BCUT2D eigenvalue weighted by Gasteiger charge is 2.06. The van der Waals surface area contributed by atoms with E-state index in [1.165, 1.54) is 0 Å². The number of hydrogen-bond acceptors (Lipinski definition) is 3. The van der Waals surface area contributed by atoms with Gasteiger partial charge in [0.2, 0.25) is 5.91 Å². The summed E-state index contributed by atoms with van der Waals surface area (Å²) >= 11 is 0. The Labute approximate surface area is 103 Å². The lowest BCUT2D eigenvalue weighted by molar-refractivity contribution is -0.121. The van der Waals surface area contributed by atoms with Crippen molar-refractivity contribution in [2.24, 2.45) is 0 Å². The topological polar surface area (TPSA) is 59.0 Å². The summed E-state index contributed by atoms with van der Waals surface area (Å²) in [5.41, 5.74) is 0. The number of hydrogen-bond donors (Lipinski definition) is 2. The van der Waals surface area contributed by atoms with Crippen molar-refractivity contribution in [2.45, 2.75) is 39.8 Å².